The van der Waals surface area contributed by atoms with E-state index < -0.39 is 5.60 Å². The number of aromatic nitrogens is 2. The Morgan fingerprint density at radius 2 is 1.67 bits per heavy atom. The highest BCUT2D eigenvalue weighted by Gasteiger charge is 2.39. The van der Waals surface area contributed by atoms with Crippen LogP contribution in [0.4, 0.5) is 10.5 Å². The molecule has 3 aromatic rings. The van der Waals surface area contributed by atoms with Crippen molar-refractivity contribution in [2.75, 3.05) is 44.7 Å². The van der Waals surface area contributed by atoms with Gasteiger partial charge in [0.1, 0.15) is 5.60 Å². The average molecular weight is 714 g/mol. The second kappa shape index (κ2) is 16.2. The van der Waals surface area contributed by atoms with Gasteiger partial charge in [-0.1, -0.05) is 6.07 Å². The van der Waals surface area contributed by atoms with E-state index in [9.17, 15) is 14.4 Å². The fourth-order valence-corrected chi connectivity index (χ4v) is 7.79. The van der Waals surface area contributed by atoms with E-state index in [1.54, 1.807) is 0 Å². The van der Waals surface area contributed by atoms with Crippen LogP contribution < -0.4 is 15.8 Å². The number of rotatable bonds is 9. The number of carbonyl (C=O) groups is 2. The number of amides is 2. The molecule has 2 amide bonds. The van der Waals surface area contributed by atoms with Crippen molar-refractivity contribution in [2.45, 2.75) is 112 Å². The lowest BCUT2D eigenvalue weighted by Gasteiger charge is -2.47. The van der Waals surface area contributed by atoms with Crippen LogP contribution in [0.5, 0.6) is 0 Å². The third-order valence-electron chi connectivity index (χ3n) is 10.6. The Kier molecular flexibility index (Phi) is 12.2. The van der Waals surface area contributed by atoms with Gasteiger partial charge in [-0.15, -0.1) is 0 Å². The first-order chi connectivity index (χ1) is 24.5. The van der Waals surface area contributed by atoms with E-state index in [0.717, 1.165) is 91.4 Å². The van der Waals surface area contributed by atoms with E-state index in [4.69, 9.17) is 9.72 Å². The van der Waals surface area contributed by atoms with Gasteiger partial charge in [0.25, 0.3) is 11.5 Å². The molecule has 2 saturated heterocycles. The molecule has 5 rings (SSSR count). The maximum absolute atomic E-state index is 14.1. The monoisotopic (exact) mass is 713 g/mol. The van der Waals surface area contributed by atoms with E-state index in [-0.39, 0.29) is 42.2 Å². The molecule has 2 aliphatic heterocycles. The highest BCUT2D eigenvalue weighted by atomic mass is 16.6. The largest absolute Gasteiger partial charge is 0.444 e. The SMILES string of the molecule is CCN(c1cc(-c2ccc(CN3CCN(C)CC3)nc2)cc(C(=O)NCc2c(C)cc(C)[nH]c2=O)c1C)C1CC(C)N(C(=O)OC(C)(C)C)C(C)C1. The molecule has 0 saturated carbocycles. The highest BCUT2D eigenvalue weighted by molar-refractivity contribution is 5.99. The van der Waals surface area contributed by atoms with Crippen molar-refractivity contribution in [1.82, 2.24) is 30.0 Å². The van der Waals surface area contributed by atoms with Gasteiger partial charge < -0.3 is 29.7 Å². The number of pyridine rings is 2. The molecule has 2 aliphatic rings. The summed E-state index contributed by atoms with van der Waals surface area (Å²) in [5, 5.41) is 3.05. The lowest BCUT2D eigenvalue weighted by atomic mass is 9.90. The molecule has 282 valence electrons. The molecule has 4 heterocycles. The van der Waals surface area contributed by atoms with Crippen LogP contribution in [0, 0.1) is 20.8 Å². The topological polar surface area (TPSA) is 114 Å². The number of carbonyl (C=O) groups excluding carboxylic acids is 2. The van der Waals surface area contributed by atoms with Gasteiger partial charge in [-0.05, 0) is 123 Å². The molecule has 52 heavy (non-hydrogen) atoms. The van der Waals surface area contributed by atoms with Crippen molar-refractivity contribution in [1.29, 1.82) is 0 Å². The number of piperazine rings is 1. The Morgan fingerprint density at radius 1 is 1.00 bits per heavy atom. The van der Waals surface area contributed by atoms with Crippen LogP contribution in [0.2, 0.25) is 0 Å². The van der Waals surface area contributed by atoms with Gasteiger partial charge >= 0.3 is 6.09 Å². The molecule has 0 aliphatic carbocycles. The number of likely N-dealkylation sites (tertiary alicyclic amines) is 1. The highest BCUT2D eigenvalue weighted by Crippen LogP contribution is 2.36. The number of nitrogens with one attached hydrogen (secondary N) is 2. The summed E-state index contributed by atoms with van der Waals surface area (Å²) in [5.74, 6) is -0.239. The third kappa shape index (κ3) is 9.22. The quantitative estimate of drug-likeness (QED) is 0.276. The Bertz CT molecular complexity index is 1780. The number of piperidine rings is 1. The zero-order chi connectivity index (χ0) is 37.9. The van der Waals surface area contributed by atoms with E-state index in [1.165, 1.54) is 0 Å². The summed E-state index contributed by atoms with van der Waals surface area (Å²) in [6.45, 7) is 23.6. The predicted molar refractivity (Wildman–Crippen MR) is 208 cm³/mol. The second-order valence-corrected chi connectivity index (χ2v) is 15.9. The Morgan fingerprint density at radius 3 is 2.25 bits per heavy atom. The molecule has 1 aromatic carbocycles. The maximum atomic E-state index is 14.1. The van der Waals surface area contributed by atoms with E-state index in [0.29, 0.717) is 11.1 Å². The van der Waals surface area contributed by atoms with Gasteiger partial charge in [0, 0.05) is 98.2 Å². The number of anilines is 1. The number of aryl methyl sites for hydroxylation is 2. The minimum Gasteiger partial charge on any atom is -0.444 e. The summed E-state index contributed by atoms with van der Waals surface area (Å²) in [5.41, 5.74) is 6.67. The first-order valence-electron chi connectivity index (χ1n) is 18.8. The van der Waals surface area contributed by atoms with Gasteiger partial charge in [0.2, 0.25) is 0 Å². The number of likely N-dealkylation sites (N-methyl/N-ethyl adjacent to an activating group) is 1. The molecule has 0 spiro atoms. The van der Waals surface area contributed by atoms with Gasteiger partial charge in [0.15, 0.2) is 0 Å². The maximum Gasteiger partial charge on any atom is 0.410 e. The van der Waals surface area contributed by atoms with Crippen molar-refractivity contribution in [2.24, 2.45) is 0 Å². The van der Waals surface area contributed by atoms with Crippen LogP contribution in [-0.2, 0) is 17.8 Å². The molecule has 0 bridgehead atoms. The molecule has 2 unspecified atom stereocenters. The van der Waals surface area contributed by atoms with E-state index in [1.807, 2.05) is 64.8 Å². The molecule has 2 atom stereocenters. The average Bonchev–Trinajstić information content (AvgIpc) is 3.05. The van der Waals surface area contributed by atoms with Crippen molar-refractivity contribution < 1.29 is 14.3 Å². The standard InChI is InChI=1S/C41H59N7O4/c1-11-47(34-19-28(4)48(29(5)20-34)40(51)52-41(7,8)9)37-22-32(31-12-13-33(42-23-31)25-46-16-14-45(10)15-17-46)21-35(30(37)6)38(49)43-24-36-26(2)18-27(3)44-39(36)50/h12-13,18,21-23,28-29,34H,11,14-17,19-20,24-25H2,1-10H3,(H,43,49)(H,44,50). The van der Waals surface area contributed by atoms with E-state index in [2.05, 4.69) is 71.0 Å². The zero-order valence-corrected chi connectivity index (χ0v) is 32.9. The van der Waals surface area contributed by atoms with Gasteiger partial charge in [-0.3, -0.25) is 19.5 Å². The smallest absolute Gasteiger partial charge is 0.410 e. The van der Waals surface area contributed by atoms with Crippen LogP contribution >= 0.6 is 0 Å². The number of hydrogen-bond donors (Lipinski definition) is 2. The molecule has 0 radical (unpaired) electrons. The summed E-state index contributed by atoms with van der Waals surface area (Å²) in [7, 11) is 2.16. The van der Waals surface area contributed by atoms with Gasteiger partial charge in [0.05, 0.1) is 5.69 Å². The summed E-state index contributed by atoms with van der Waals surface area (Å²) >= 11 is 0. The summed E-state index contributed by atoms with van der Waals surface area (Å²) in [6.07, 6.45) is 3.16. The van der Waals surface area contributed by atoms with Crippen molar-refractivity contribution >= 4 is 17.7 Å². The molecule has 2 fully saturated rings. The predicted octanol–water partition coefficient (Wildman–Crippen LogP) is 6.04. The fourth-order valence-electron chi connectivity index (χ4n) is 7.79. The Labute approximate surface area is 309 Å². The molecular weight excluding hydrogens is 654 g/mol. The minimum atomic E-state index is -0.569. The number of nitrogens with zero attached hydrogens (tertiary/aromatic N) is 5. The van der Waals surface area contributed by atoms with Gasteiger partial charge in [-0.25, -0.2) is 4.79 Å². The molecule has 2 N–H and O–H groups in total. The van der Waals surface area contributed by atoms with E-state index >= 15 is 0 Å². The van der Waals surface area contributed by atoms with Crippen LogP contribution in [0.3, 0.4) is 0 Å². The lowest BCUT2D eigenvalue weighted by molar-refractivity contribution is -0.00252. The zero-order valence-electron chi connectivity index (χ0n) is 32.9. The van der Waals surface area contributed by atoms with Gasteiger partial charge in [-0.2, -0.15) is 0 Å². The first-order valence-corrected chi connectivity index (χ1v) is 18.8. The fraction of sp³-hybridized carbons (Fsp3) is 0.561. The number of benzene rings is 1. The number of aromatic amines is 1. The summed E-state index contributed by atoms with van der Waals surface area (Å²) in [4.78, 5) is 56.8. The van der Waals surface area contributed by atoms with Crippen LogP contribution in [0.25, 0.3) is 11.1 Å². The van der Waals surface area contributed by atoms with Crippen LogP contribution in [-0.4, -0.2) is 100 Å². The van der Waals surface area contributed by atoms with Crippen molar-refractivity contribution in [3.63, 3.8) is 0 Å². The summed E-state index contributed by atoms with van der Waals surface area (Å²) < 4.78 is 5.78. The number of H-pyrrole nitrogens is 1. The number of hydrogen-bond acceptors (Lipinski definition) is 8. The van der Waals surface area contributed by atoms with Crippen LogP contribution in [0.1, 0.15) is 92.8 Å². The molecule has 11 nitrogen and oxygen atoms in total. The minimum absolute atomic E-state index is 0.0307. The normalized spacial score (nSPS) is 20.1. The molecular formula is C41H59N7O4. The Balaban J connectivity index is 1.47. The summed E-state index contributed by atoms with van der Waals surface area (Å²) in [6, 6.07) is 10.3. The molecule has 11 heteroatoms. The third-order valence-corrected chi connectivity index (χ3v) is 10.6. The van der Waals surface area contributed by atoms with Crippen molar-refractivity contribution in [3.8, 4) is 11.1 Å². The second-order valence-electron chi connectivity index (χ2n) is 15.9. The first kappa shape index (κ1) is 39.0. The Hall–Kier alpha value is -4.22. The number of ether oxygens (including phenoxy) is 1. The lowest BCUT2D eigenvalue weighted by Crippen LogP contribution is -2.56. The molecule has 2 aromatic heterocycles. The van der Waals surface area contributed by atoms with Crippen LogP contribution in [0.15, 0.2) is 41.3 Å². The van der Waals surface area contributed by atoms with Crippen molar-refractivity contribution in [3.05, 3.63) is 80.5 Å².